The highest BCUT2D eigenvalue weighted by Gasteiger charge is 2.46. The smallest absolute Gasteiger partial charge is 0.296 e. The highest BCUT2D eigenvalue weighted by Crippen LogP contribution is 2.45. The van der Waals surface area contributed by atoms with E-state index < -0.39 is 17.7 Å². The Balaban J connectivity index is 1.64. The second-order valence-electron chi connectivity index (χ2n) is 7.48. The maximum absolute atomic E-state index is 13.4. The number of ether oxygens (including phenoxy) is 2. The summed E-state index contributed by atoms with van der Waals surface area (Å²) in [4.78, 5) is 33.2. The standard InChI is InChI=1S/C25H20N2O5S2/c1-3-32-15-8-6-14(7-9-15)21-20(22(28)18-5-4-12-33-18)23(29)24(30)27(21)25-26-17-11-10-16(31-2)13-19(17)34-25/h4-13,21,29H,3H2,1-2H3/t21-/m1/s1. The predicted octanol–water partition coefficient (Wildman–Crippen LogP) is 5.55. The molecule has 1 atom stereocenters. The molecule has 9 heteroatoms. The zero-order valence-electron chi connectivity index (χ0n) is 18.3. The lowest BCUT2D eigenvalue weighted by atomic mass is 9.95. The molecule has 7 nitrogen and oxygen atoms in total. The van der Waals surface area contributed by atoms with Gasteiger partial charge in [-0.1, -0.05) is 29.5 Å². The number of anilines is 1. The van der Waals surface area contributed by atoms with Gasteiger partial charge in [-0.3, -0.25) is 14.5 Å². The van der Waals surface area contributed by atoms with E-state index in [0.717, 1.165) is 4.70 Å². The Morgan fingerprint density at radius 3 is 2.59 bits per heavy atom. The minimum absolute atomic E-state index is 0.0356. The van der Waals surface area contributed by atoms with E-state index in [2.05, 4.69) is 4.98 Å². The molecule has 3 heterocycles. The first kappa shape index (κ1) is 22.1. The lowest BCUT2D eigenvalue weighted by molar-refractivity contribution is -0.117. The van der Waals surface area contributed by atoms with E-state index in [0.29, 0.717) is 39.2 Å². The van der Waals surface area contributed by atoms with Crippen molar-refractivity contribution in [1.29, 1.82) is 0 Å². The molecule has 0 saturated carbocycles. The van der Waals surface area contributed by atoms with Crippen molar-refractivity contribution in [1.82, 2.24) is 4.98 Å². The Labute approximate surface area is 203 Å². The third kappa shape index (κ3) is 3.72. The number of rotatable bonds is 7. The third-order valence-electron chi connectivity index (χ3n) is 5.49. The fourth-order valence-electron chi connectivity index (χ4n) is 3.93. The molecule has 2 aromatic carbocycles. The Hall–Kier alpha value is -3.69. The van der Waals surface area contributed by atoms with Crippen LogP contribution in [-0.4, -0.2) is 35.5 Å². The zero-order valence-corrected chi connectivity index (χ0v) is 20.0. The van der Waals surface area contributed by atoms with Gasteiger partial charge in [-0.2, -0.15) is 0 Å². The van der Waals surface area contributed by atoms with Crippen molar-refractivity contribution in [2.24, 2.45) is 0 Å². The second kappa shape index (κ2) is 8.92. The minimum atomic E-state index is -0.833. The van der Waals surface area contributed by atoms with Crippen LogP contribution in [0.3, 0.4) is 0 Å². The molecule has 2 aromatic heterocycles. The summed E-state index contributed by atoms with van der Waals surface area (Å²) < 4.78 is 11.7. The number of hydrogen-bond donors (Lipinski definition) is 1. The fourth-order valence-corrected chi connectivity index (χ4v) is 5.62. The molecule has 0 saturated heterocycles. The topological polar surface area (TPSA) is 89.0 Å². The van der Waals surface area contributed by atoms with E-state index in [-0.39, 0.29) is 11.4 Å². The van der Waals surface area contributed by atoms with Gasteiger partial charge in [-0.05, 0) is 54.3 Å². The number of fused-ring (bicyclic) bond motifs is 1. The monoisotopic (exact) mass is 492 g/mol. The molecule has 1 amide bonds. The molecule has 0 aliphatic carbocycles. The van der Waals surface area contributed by atoms with Gasteiger partial charge in [0.1, 0.15) is 11.5 Å². The predicted molar refractivity (Wildman–Crippen MR) is 132 cm³/mol. The van der Waals surface area contributed by atoms with Gasteiger partial charge in [0.05, 0.1) is 40.4 Å². The van der Waals surface area contributed by atoms with E-state index in [1.807, 2.05) is 19.1 Å². The van der Waals surface area contributed by atoms with E-state index in [1.54, 1.807) is 55.0 Å². The van der Waals surface area contributed by atoms with Crippen LogP contribution in [-0.2, 0) is 4.79 Å². The number of hydrogen-bond acceptors (Lipinski definition) is 8. The van der Waals surface area contributed by atoms with Crippen LogP contribution in [0.15, 0.2) is 71.3 Å². The molecule has 0 spiro atoms. The highest BCUT2D eigenvalue weighted by atomic mass is 32.1. The number of thiazole rings is 1. The van der Waals surface area contributed by atoms with Gasteiger partial charge in [0.25, 0.3) is 5.91 Å². The average molecular weight is 493 g/mol. The van der Waals surface area contributed by atoms with E-state index in [9.17, 15) is 14.7 Å². The first-order valence-corrected chi connectivity index (χ1v) is 12.2. The summed E-state index contributed by atoms with van der Waals surface area (Å²) in [7, 11) is 1.58. The number of thiophene rings is 1. The number of ketones is 1. The quantitative estimate of drug-likeness (QED) is 0.340. The van der Waals surface area contributed by atoms with Gasteiger partial charge in [0, 0.05) is 0 Å². The average Bonchev–Trinajstić information content (AvgIpc) is 3.58. The van der Waals surface area contributed by atoms with E-state index in [4.69, 9.17) is 9.47 Å². The number of nitrogens with zero attached hydrogens (tertiary/aromatic N) is 2. The van der Waals surface area contributed by atoms with Crippen LogP contribution < -0.4 is 14.4 Å². The van der Waals surface area contributed by atoms with Crippen LogP contribution in [0.2, 0.25) is 0 Å². The van der Waals surface area contributed by atoms with Gasteiger partial charge in [0.2, 0.25) is 5.78 Å². The number of benzene rings is 2. The van der Waals surface area contributed by atoms with Crippen LogP contribution in [0.25, 0.3) is 10.2 Å². The van der Waals surface area contributed by atoms with Crippen molar-refractivity contribution in [2.75, 3.05) is 18.6 Å². The molecule has 1 N–H and O–H groups in total. The largest absolute Gasteiger partial charge is 0.503 e. The molecule has 0 radical (unpaired) electrons. The summed E-state index contributed by atoms with van der Waals surface area (Å²) in [6.07, 6.45) is 0. The summed E-state index contributed by atoms with van der Waals surface area (Å²) in [5, 5.41) is 13.1. The number of carbonyl (C=O) groups excluding carboxylic acids is 2. The third-order valence-corrected chi connectivity index (χ3v) is 7.38. The summed E-state index contributed by atoms with van der Waals surface area (Å²) in [5.74, 6) is -0.259. The van der Waals surface area contributed by atoms with Gasteiger partial charge in [-0.15, -0.1) is 11.3 Å². The number of methoxy groups -OCH3 is 1. The normalized spacial score (nSPS) is 15.9. The maximum atomic E-state index is 13.4. The Kier molecular flexibility index (Phi) is 5.80. The van der Waals surface area contributed by atoms with Crippen LogP contribution in [0.1, 0.15) is 28.2 Å². The number of aliphatic hydroxyl groups excluding tert-OH is 1. The van der Waals surface area contributed by atoms with Gasteiger partial charge in [-0.25, -0.2) is 4.98 Å². The summed E-state index contributed by atoms with van der Waals surface area (Å²) in [6, 6.07) is 15.2. The van der Waals surface area contributed by atoms with Crippen LogP contribution >= 0.6 is 22.7 Å². The van der Waals surface area contributed by atoms with Crippen LogP contribution in [0.4, 0.5) is 5.13 Å². The van der Waals surface area contributed by atoms with Gasteiger partial charge in [0.15, 0.2) is 10.9 Å². The molecule has 5 rings (SSSR count). The SMILES string of the molecule is CCOc1ccc([C@@H]2C(C(=O)c3cccs3)=C(O)C(=O)N2c2nc3ccc(OC)cc3s2)cc1. The molecular weight excluding hydrogens is 472 g/mol. The maximum Gasteiger partial charge on any atom is 0.296 e. The van der Waals surface area contributed by atoms with Crippen LogP contribution in [0, 0.1) is 0 Å². The summed E-state index contributed by atoms with van der Waals surface area (Å²) in [6.45, 7) is 2.41. The van der Waals surface area contributed by atoms with Crippen molar-refractivity contribution in [3.63, 3.8) is 0 Å². The zero-order chi connectivity index (χ0) is 23.8. The van der Waals surface area contributed by atoms with Crippen molar-refractivity contribution in [3.05, 3.63) is 81.8 Å². The molecule has 4 aromatic rings. The van der Waals surface area contributed by atoms with E-state index >= 15 is 0 Å². The Morgan fingerprint density at radius 2 is 1.91 bits per heavy atom. The Morgan fingerprint density at radius 1 is 1.15 bits per heavy atom. The molecule has 1 aliphatic heterocycles. The van der Waals surface area contributed by atoms with Crippen LogP contribution in [0.5, 0.6) is 11.5 Å². The number of aliphatic hydroxyl groups is 1. The number of carbonyl (C=O) groups is 2. The lowest BCUT2D eigenvalue weighted by Gasteiger charge is -2.24. The van der Waals surface area contributed by atoms with Crippen molar-refractivity contribution in [2.45, 2.75) is 13.0 Å². The lowest BCUT2D eigenvalue weighted by Crippen LogP contribution is -2.30. The first-order chi connectivity index (χ1) is 16.5. The van der Waals surface area contributed by atoms with Crippen molar-refractivity contribution >= 4 is 49.7 Å². The molecule has 0 bridgehead atoms. The molecule has 0 unspecified atom stereocenters. The first-order valence-electron chi connectivity index (χ1n) is 10.5. The summed E-state index contributed by atoms with van der Waals surface area (Å²) in [5.41, 5.74) is 1.39. The molecule has 172 valence electrons. The summed E-state index contributed by atoms with van der Waals surface area (Å²) >= 11 is 2.55. The second-order valence-corrected chi connectivity index (χ2v) is 9.44. The van der Waals surface area contributed by atoms with E-state index in [1.165, 1.54) is 27.6 Å². The number of amides is 1. The van der Waals surface area contributed by atoms with Crippen molar-refractivity contribution in [3.8, 4) is 11.5 Å². The molecular formula is C25H20N2O5S2. The molecule has 1 aliphatic rings. The van der Waals surface area contributed by atoms with Gasteiger partial charge >= 0.3 is 0 Å². The number of Topliss-reactive ketones (excluding diaryl/α,β-unsaturated/α-hetero) is 1. The number of aromatic nitrogens is 1. The van der Waals surface area contributed by atoms with Crippen molar-refractivity contribution < 1.29 is 24.2 Å². The molecule has 34 heavy (non-hydrogen) atoms. The highest BCUT2D eigenvalue weighted by molar-refractivity contribution is 7.22. The minimum Gasteiger partial charge on any atom is -0.503 e. The van der Waals surface area contributed by atoms with Gasteiger partial charge < -0.3 is 14.6 Å². The fraction of sp³-hybridized carbons (Fsp3) is 0.160. The molecule has 0 fully saturated rings. The Bertz CT molecular complexity index is 1410.